The summed E-state index contributed by atoms with van der Waals surface area (Å²) in [5.41, 5.74) is 1.59. The average Bonchev–Trinajstić information content (AvgIpc) is 2.54. The summed E-state index contributed by atoms with van der Waals surface area (Å²) < 4.78 is 27.4. The molecule has 5 nitrogen and oxygen atoms in total. The molecule has 1 atom stereocenters. The van der Waals surface area contributed by atoms with Crippen LogP contribution < -0.4 is 4.31 Å². The maximum absolute atomic E-state index is 13.0. The Morgan fingerprint density at radius 3 is 2.08 bits per heavy atom. The number of anilines is 1. The number of likely N-dealkylation sites (N-methyl/N-ethyl adjacent to an activating group) is 1. The molecule has 2 aromatic carbocycles. The van der Waals surface area contributed by atoms with Crippen molar-refractivity contribution >= 4 is 15.7 Å². The van der Waals surface area contributed by atoms with Crippen LogP contribution in [0.5, 0.6) is 0 Å². The van der Waals surface area contributed by atoms with E-state index in [-0.39, 0.29) is 11.4 Å². The van der Waals surface area contributed by atoms with Gasteiger partial charge in [0, 0.05) is 6.54 Å². The van der Waals surface area contributed by atoms with E-state index in [9.17, 15) is 13.5 Å². The first-order valence-electron chi connectivity index (χ1n) is 7.78. The second kappa shape index (κ2) is 7.79. The van der Waals surface area contributed by atoms with E-state index in [1.165, 1.54) is 4.31 Å². The summed E-state index contributed by atoms with van der Waals surface area (Å²) in [5, 5.41) is 10.3. The Balaban J connectivity index is 2.40. The predicted molar refractivity (Wildman–Crippen MR) is 96.7 cm³/mol. The largest absolute Gasteiger partial charge is 0.390 e. The molecule has 0 fully saturated rings. The number of aryl methyl sites for hydroxylation is 1. The van der Waals surface area contributed by atoms with E-state index in [4.69, 9.17) is 0 Å². The first-order valence-corrected chi connectivity index (χ1v) is 9.22. The molecule has 0 aliphatic carbocycles. The van der Waals surface area contributed by atoms with Gasteiger partial charge in [0.1, 0.15) is 0 Å². The molecule has 0 saturated carbocycles. The van der Waals surface area contributed by atoms with E-state index in [1.54, 1.807) is 42.5 Å². The first-order chi connectivity index (χ1) is 11.3. The van der Waals surface area contributed by atoms with Gasteiger partial charge < -0.3 is 10.0 Å². The quantitative estimate of drug-likeness (QED) is 0.832. The SMILES string of the molecule is Cc1ccc(N(C[C@H](O)CN(C)C)S(=O)(=O)c2ccccc2)cc1. The smallest absolute Gasteiger partial charge is 0.264 e. The van der Waals surface area contributed by atoms with Crippen LogP contribution in [0.2, 0.25) is 0 Å². The number of benzene rings is 2. The van der Waals surface area contributed by atoms with Gasteiger partial charge in [-0.25, -0.2) is 8.42 Å². The molecule has 2 rings (SSSR count). The lowest BCUT2D eigenvalue weighted by Gasteiger charge is -2.28. The summed E-state index contributed by atoms with van der Waals surface area (Å²) in [6.07, 6.45) is -0.792. The molecule has 0 amide bonds. The van der Waals surface area contributed by atoms with Crippen LogP contribution in [-0.4, -0.2) is 51.7 Å². The molecule has 0 aliphatic rings. The van der Waals surface area contributed by atoms with Crippen LogP contribution >= 0.6 is 0 Å². The molecule has 2 aromatic rings. The lowest BCUT2D eigenvalue weighted by Crippen LogP contribution is -2.41. The van der Waals surface area contributed by atoms with E-state index in [0.29, 0.717) is 12.2 Å². The van der Waals surface area contributed by atoms with E-state index in [1.807, 2.05) is 38.1 Å². The zero-order valence-electron chi connectivity index (χ0n) is 14.3. The highest BCUT2D eigenvalue weighted by Crippen LogP contribution is 2.24. The Kier molecular flexibility index (Phi) is 5.99. The molecule has 0 bridgehead atoms. The fourth-order valence-electron chi connectivity index (χ4n) is 2.44. The molecule has 0 unspecified atom stereocenters. The maximum atomic E-state index is 13.0. The van der Waals surface area contributed by atoms with Gasteiger partial charge in [-0.1, -0.05) is 35.9 Å². The van der Waals surface area contributed by atoms with Crippen molar-refractivity contribution in [2.45, 2.75) is 17.9 Å². The van der Waals surface area contributed by atoms with Gasteiger partial charge in [-0.05, 0) is 45.3 Å². The Hall–Kier alpha value is -1.89. The average molecular weight is 348 g/mol. The topological polar surface area (TPSA) is 60.9 Å². The third-order valence-corrected chi connectivity index (χ3v) is 5.41. The zero-order valence-corrected chi connectivity index (χ0v) is 15.1. The number of aliphatic hydroxyl groups is 1. The summed E-state index contributed by atoms with van der Waals surface area (Å²) >= 11 is 0. The van der Waals surface area contributed by atoms with Gasteiger partial charge in [-0.2, -0.15) is 0 Å². The van der Waals surface area contributed by atoms with Gasteiger partial charge in [-0.15, -0.1) is 0 Å². The Morgan fingerprint density at radius 2 is 1.54 bits per heavy atom. The molecule has 1 N–H and O–H groups in total. The van der Waals surface area contributed by atoms with E-state index in [0.717, 1.165) is 5.56 Å². The minimum Gasteiger partial charge on any atom is -0.390 e. The summed E-state index contributed by atoms with van der Waals surface area (Å²) in [6.45, 7) is 2.33. The molecular weight excluding hydrogens is 324 g/mol. The van der Waals surface area contributed by atoms with Gasteiger partial charge in [0.2, 0.25) is 0 Å². The van der Waals surface area contributed by atoms with E-state index in [2.05, 4.69) is 0 Å². The lowest BCUT2D eigenvalue weighted by atomic mass is 10.2. The van der Waals surface area contributed by atoms with Crippen molar-refractivity contribution in [2.75, 3.05) is 31.5 Å². The first kappa shape index (κ1) is 18.4. The molecule has 24 heavy (non-hydrogen) atoms. The van der Waals surface area contributed by atoms with Gasteiger partial charge in [0.05, 0.1) is 23.2 Å². The predicted octanol–water partition coefficient (Wildman–Crippen LogP) is 2.11. The highest BCUT2D eigenvalue weighted by Gasteiger charge is 2.27. The summed E-state index contributed by atoms with van der Waals surface area (Å²) in [5.74, 6) is 0. The Morgan fingerprint density at radius 1 is 0.958 bits per heavy atom. The number of hydrogen-bond acceptors (Lipinski definition) is 4. The van der Waals surface area contributed by atoms with Crippen molar-refractivity contribution in [3.8, 4) is 0 Å². The third-order valence-electron chi connectivity index (χ3n) is 3.61. The fraction of sp³-hybridized carbons (Fsp3) is 0.333. The molecular formula is C18H24N2O3S. The summed E-state index contributed by atoms with van der Waals surface area (Å²) in [4.78, 5) is 2.04. The molecule has 0 aromatic heterocycles. The third kappa shape index (κ3) is 4.56. The zero-order chi connectivity index (χ0) is 17.7. The van der Waals surface area contributed by atoms with Crippen LogP contribution in [0.25, 0.3) is 0 Å². The molecule has 6 heteroatoms. The summed E-state index contributed by atoms with van der Waals surface area (Å²) in [7, 11) is -0.0662. The number of nitrogens with zero attached hydrogens (tertiary/aromatic N) is 2. The van der Waals surface area contributed by atoms with Crippen LogP contribution in [-0.2, 0) is 10.0 Å². The van der Waals surface area contributed by atoms with Crippen molar-refractivity contribution < 1.29 is 13.5 Å². The standard InChI is InChI=1S/C18H24N2O3S/c1-15-9-11-16(12-10-15)20(14-17(21)13-19(2)3)24(22,23)18-7-5-4-6-8-18/h4-12,17,21H,13-14H2,1-3H3/t17-/m1/s1. The molecule has 0 spiro atoms. The van der Waals surface area contributed by atoms with Gasteiger partial charge in [-0.3, -0.25) is 4.31 Å². The van der Waals surface area contributed by atoms with Crippen molar-refractivity contribution in [1.82, 2.24) is 4.90 Å². The van der Waals surface area contributed by atoms with Crippen LogP contribution in [0, 0.1) is 6.92 Å². The van der Waals surface area contributed by atoms with Crippen molar-refractivity contribution in [2.24, 2.45) is 0 Å². The monoisotopic (exact) mass is 348 g/mol. The molecule has 0 aliphatic heterocycles. The second-order valence-electron chi connectivity index (χ2n) is 6.10. The Labute approximate surface area is 144 Å². The molecule has 0 heterocycles. The highest BCUT2D eigenvalue weighted by molar-refractivity contribution is 7.92. The molecule has 0 saturated heterocycles. The lowest BCUT2D eigenvalue weighted by molar-refractivity contribution is 0.145. The minimum absolute atomic E-state index is 0.00152. The molecule has 0 radical (unpaired) electrons. The van der Waals surface area contributed by atoms with Crippen LogP contribution in [0.1, 0.15) is 5.56 Å². The minimum atomic E-state index is -3.74. The number of aliphatic hydroxyl groups excluding tert-OH is 1. The number of hydrogen-bond donors (Lipinski definition) is 1. The molecule has 130 valence electrons. The number of rotatable bonds is 7. The van der Waals surface area contributed by atoms with Gasteiger partial charge in [0.15, 0.2) is 0 Å². The van der Waals surface area contributed by atoms with Gasteiger partial charge >= 0.3 is 0 Å². The van der Waals surface area contributed by atoms with Crippen LogP contribution in [0.15, 0.2) is 59.5 Å². The fourth-order valence-corrected chi connectivity index (χ4v) is 3.97. The summed E-state index contributed by atoms with van der Waals surface area (Å²) in [6, 6.07) is 15.5. The second-order valence-corrected chi connectivity index (χ2v) is 7.96. The van der Waals surface area contributed by atoms with Crippen molar-refractivity contribution in [1.29, 1.82) is 0 Å². The van der Waals surface area contributed by atoms with Crippen molar-refractivity contribution in [3.05, 3.63) is 60.2 Å². The van der Waals surface area contributed by atoms with Gasteiger partial charge in [0.25, 0.3) is 10.0 Å². The van der Waals surface area contributed by atoms with E-state index < -0.39 is 16.1 Å². The van der Waals surface area contributed by atoms with Crippen LogP contribution in [0.4, 0.5) is 5.69 Å². The maximum Gasteiger partial charge on any atom is 0.264 e. The van der Waals surface area contributed by atoms with E-state index >= 15 is 0 Å². The van der Waals surface area contributed by atoms with Crippen LogP contribution in [0.3, 0.4) is 0 Å². The number of sulfonamides is 1. The van der Waals surface area contributed by atoms with Crippen molar-refractivity contribution in [3.63, 3.8) is 0 Å². The highest BCUT2D eigenvalue weighted by atomic mass is 32.2. The normalized spacial score (nSPS) is 13.0. The Bertz CT molecular complexity index is 744.